The van der Waals surface area contributed by atoms with Gasteiger partial charge >= 0.3 is 0 Å². The maximum absolute atomic E-state index is 13.1. The van der Waals surface area contributed by atoms with Crippen LogP contribution in [0.2, 0.25) is 0 Å². The number of hydrogen-bond acceptors (Lipinski definition) is 3. The number of aromatic nitrogens is 2. The summed E-state index contributed by atoms with van der Waals surface area (Å²) < 4.78 is 15.1. The molecule has 0 spiro atoms. The molecule has 0 aliphatic rings. The summed E-state index contributed by atoms with van der Waals surface area (Å²) in [6.45, 7) is 3.05. The summed E-state index contributed by atoms with van der Waals surface area (Å²) in [7, 11) is 0. The fraction of sp³-hybridized carbons (Fsp3) is 0.357. The lowest BCUT2D eigenvalue weighted by Gasteiger charge is -2.13. The Morgan fingerprint density at radius 1 is 1.47 bits per heavy atom. The first-order valence-electron chi connectivity index (χ1n) is 6.35. The van der Waals surface area contributed by atoms with Gasteiger partial charge in [0.15, 0.2) is 0 Å². The minimum atomic E-state index is -0.217. The second-order valence-corrected chi connectivity index (χ2v) is 5.45. The van der Waals surface area contributed by atoms with Gasteiger partial charge in [-0.1, -0.05) is 13.0 Å². The Hall–Kier alpha value is -1.33. The van der Waals surface area contributed by atoms with E-state index >= 15 is 0 Å². The van der Waals surface area contributed by atoms with Gasteiger partial charge in [0.05, 0.1) is 6.04 Å². The molecule has 1 unspecified atom stereocenters. The van der Waals surface area contributed by atoms with E-state index in [1.165, 1.54) is 12.1 Å². The van der Waals surface area contributed by atoms with Gasteiger partial charge in [0.2, 0.25) is 0 Å². The predicted octanol–water partition coefficient (Wildman–Crippen LogP) is 3.22. The monoisotopic (exact) mass is 279 g/mol. The fourth-order valence-corrected chi connectivity index (χ4v) is 2.79. The van der Waals surface area contributed by atoms with Crippen molar-refractivity contribution in [3.05, 3.63) is 48.3 Å². The van der Waals surface area contributed by atoms with Crippen molar-refractivity contribution >= 4 is 11.8 Å². The minimum absolute atomic E-state index is 0.144. The number of imidazole rings is 1. The van der Waals surface area contributed by atoms with Crippen LogP contribution in [0.1, 0.15) is 25.2 Å². The molecule has 0 fully saturated rings. The SMILES string of the molecule is CCCn1ccnc1C(N)CSc1cccc(F)c1. The number of nitrogens with two attached hydrogens (primary N) is 1. The Morgan fingerprint density at radius 2 is 2.32 bits per heavy atom. The third-order valence-electron chi connectivity index (χ3n) is 2.77. The van der Waals surface area contributed by atoms with Gasteiger partial charge in [0, 0.05) is 29.6 Å². The van der Waals surface area contributed by atoms with E-state index in [0.717, 1.165) is 23.7 Å². The molecule has 0 aliphatic carbocycles. The molecule has 3 nitrogen and oxygen atoms in total. The van der Waals surface area contributed by atoms with Gasteiger partial charge in [-0.25, -0.2) is 9.37 Å². The van der Waals surface area contributed by atoms with E-state index in [2.05, 4.69) is 16.5 Å². The van der Waals surface area contributed by atoms with Gasteiger partial charge < -0.3 is 10.3 Å². The highest BCUT2D eigenvalue weighted by molar-refractivity contribution is 7.99. The van der Waals surface area contributed by atoms with Crippen molar-refractivity contribution in [2.75, 3.05) is 5.75 Å². The van der Waals surface area contributed by atoms with Crippen molar-refractivity contribution in [1.82, 2.24) is 9.55 Å². The summed E-state index contributed by atoms with van der Waals surface area (Å²) in [4.78, 5) is 5.21. The Morgan fingerprint density at radius 3 is 3.05 bits per heavy atom. The summed E-state index contributed by atoms with van der Waals surface area (Å²) in [5, 5.41) is 0. The number of aryl methyl sites for hydroxylation is 1. The van der Waals surface area contributed by atoms with Crippen molar-refractivity contribution < 1.29 is 4.39 Å². The lowest BCUT2D eigenvalue weighted by atomic mass is 10.3. The average molecular weight is 279 g/mol. The van der Waals surface area contributed by atoms with Crippen molar-refractivity contribution in [2.24, 2.45) is 5.73 Å². The summed E-state index contributed by atoms with van der Waals surface area (Å²) in [6, 6.07) is 6.42. The Kier molecular flexibility index (Phi) is 4.99. The molecule has 2 N–H and O–H groups in total. The van der Waals surface area contributed by atoms with E-state index in [4.69, 9.17) is 5.73 Å². The fourth-order valence-electron chi connectivity index (χ4n) is 1.90. The molecule has 0 amide bonds. The van der Waals surface area contributed by atoms with Gasteiger partial charge in [-0.3, -0.25) is 0 Å². The molecule has 5 heteroatoms. The summed E-state index contributed by atoms with van der Waals surface area (Å²) in [6.07, 6.45) is 4.77. The average Bonchev–Trinajstić information content (AvgIpc) is 2.85. The van der Waals surface area contributed by atoms with Crippen molar-refractivity contribution in [1.29, 1.82) is 0 Å². The maximum atomic E-state index is 13.1. The van der Waals surface area contributed by atoms with Crippen LogP contribution in [-0.2, 0) is 6.54 Å². The van der Waals surface area contributed by atoms with E-state index < -0.39 is 0 Å². The van der Waals surface area contributed by atoms with Crippen LogP contribution in [0.15, 0.2) is 41.6 Å². The van der Waals surface area contributed by atoms with E-state index in [-0.39, 0.29) is 11.9 Å². The number of benzene rings is 1. The first-order valence-corrected chi connectivity index (χ1v) is 7.34. The van der Waals surface area contributed by atoms with Crippen LogP contribution in [0, 0.1) is 5.82 Å². The third kappa shape index (κ3) is 3.81. The maximum Gasteiger partial charge on any atom is 0.126 e. The van der Waals surface area contributed by atoms with Gasteiger partial charge in [0.1, 0.15) is 11.6 Å². The molecule has 19 heavy (non-hydrogen) atoms. The topological polar surface area (TPSA) is 43.8 Å². The summed E-state index contributed by atoms with van der Waals surface area (Å²) in [5.41, 5.74) is 6.16. The highest BCUT2D eigenvalue weighted by atomic mass is 32.2. The molecular formula is C14H18FN3S. The zero-order chi connectivity index (χ0) is 13.7. The zero-order valence-electron chi connectivity index (χ0n) is 10.9. The summed E-state index contributed by atoms with van der Waals surface area (Å²) >= 11 is 1.55. The number of hydrogen-bond donors (Lipinski definition) is 1. The van der Waals surface area contributed by atoms with Gasteiger partial charge in [-0.05, 0) is 24.6 Å². The van der Waals surface area contributed by atoms with Gasteiger partial charge in [0.25, 0.3) is 0 Å². The molecule has 2 rings (SSSR count). The van der Waals surface area contributed by atoms with Crippen LogP contribution in [0.3, 0.4) is 0 Å². The lowest BCUT2D eigenvalue weighted by molar-refractivity contribution is 0.603. The lowest BCUT2D eigenvalue weighted by Crippen LogP contribution is -2.18. The molecule has 1 aromatic heterocycles. The second-order valence-electron chi connectivity index (χ2n) is 4.35. The standard InChI is InChI=1S/C14H18FN3S/c1-2-7-18-8-6-17-14(18)13(16)10-19-12-5-3-4-11(15)9-12/h3-6,8-9,13H,2,7,10,16H2,1H3. The summed E-state index contributed by atoms with van der Waals surface area (Å²) in [5.74, 6) is 1.36. The number of halogens is 1. The van der Waals surface area contributed by atoms with Crippen molar-refractivity contribution in [3.8, 4) is 0 Å². The van der Waals surface area contributed by atoms with Crippen LogP contribution in [-0.4, -0.2) is 15.3 Å². The normalized spacial score (nSPS) is 12.6. The van der Waals surface area contributed by atoms with Gasteiger partial charge in [-0.2, -0.15) is 0 Å². The molecule has 1 heterocycles. The quantitative estimate of drug-likeness (QED) is 0.826. The van der Waals surface area contributed by atoms with Crippen molar-refractivity contribution in [3.63, 3.8) is 0 Å². The van der Waals surface area contributed by atoms with Crippen LogP contribution in [0.4, 0.5) is 4.39 Å². The smallest absolute Gasteiger partial charge is 0.126 e. The molecule has 0 saturated carbocycles. The number of rotatable bonds is 6. The van der Waals surface area contributed by atoms with Crippen LogP contribution in [0.5, 0.6) is 0 Å². The molecule has 1 aromatic carbocycles. The highest BCUT2D eigenvalue weighted by Gasteiger charge is 2.12. The van der Waals surface area contributed by atoms with Crippen LogP contribution >= 0.6 is 11.8 Å². The molecule has 2 aromatic rings. The van der Waals surface area contributed by atoms with Crippen molar-refractivity contribution in [2.45, 2.75) is 30.8 Å². The minimum Gasteiger partial charge on any atom is -0.334 e. The third-order valence-corrected chi connectivity index (χ3v) is 3.88. The van der Waals surface area contributed by atoms with Crippen LogP contribution < -0.4 is 5.73 Å². The first-order chi connectivity index (χ1) is 9.20. The van der Waals surface area contributed by atoms with E-state index in [0.29, 0.717) is 5.75 Å². The Labute approximate surface area is 117 Å². The highest BCUT2D eigenvalue weighted by Crippen LogP contribution is 2.23. The number of thioether (sulfide) groups is 1. The predicted molar refractivity (Wildman–Crippen MR) is 76.6 cm³/mol. The van der Waals surface area contributed by atoms with Gasteiger partial charge in [-0.15, -0.1) is 11.8 Å². The molecule has 0 bridgehead atoms. The molecule has 0 saturated heterocycles. The largest absolute Gasteiger partial charge is 0.334 e. The van der Waals surface area contributed by atoms with Crippen LogP contribution in [0.25, 0.3) is 0 Å². The van der Waals surface area contributed by atoms with E-state index in [9.17, 15) is 4.39 Å². The molecular weight excluding hydrogens is 261 g/mol. The number of nitrogens with zero attached hydrogens (tertiary/aromatic N) is 2. The molecule has 0 radical (unpaired) electrons. The molecule has 0 aliphatic heterocycles. The Balaban J connectivity index is 1.97. The first kappa shape index (κ1) is 14.1. The van der Waals surface area contributed by atoms with E-state index in [1.54, 1.807) is 24.0 Å². The molecule has 1 atom stereocenters. The molecule has 102 valence electrons. The second kappa shape index (κ2) is 6.73. The Bertz CT molecular complexity index is 527. The van der Waals surface area contributed by atoms with E-state index in [1.807, 2.05) is 12.3 Å². The zero-order valence-corrected chi connectivity index (χ0v) is 11.7.